The first-order valence-electron chi connectivity index (χ1n) is 10.6. The number of urea groups is 1. The van der Waals surface area contributed by atoms with Crippen LogP contribution in [0.3, 0.4) is 0 Å². The Kier molecular flexibility index (Phi) is 7.35. The van der Waals surface area contributed by atoms with Crippen molar-refractivity contribution in [1.29, 1.82) is 0 Å². The molecule has 2 atom stereocenters. The predicted molar refractivity (Wildman–Crippen MR) is 121 cm³/mol. The molecule has 0 aromatic heterocycles. The fraction of sp³-hybridized carbons (Fsp3) is 0.375. The Balaban J connectivity index is 1.59. The van der Waals surface area contributed by atoms with Crippen LogP contribution in [0.25, 0.3) is 0 Å². The number of methoxy groups -OCH3 is 2. The largest absolute Gasteiger partial charge is 0.497 e. The smallest absolute Gasteiger partial charge is 0.329 e. The highest BCUT2D eigenvalue weighted by molar-refractivity contribution is 6.21. The maximum absolute atomic E-state index is 12.8. The lowest BCUT2D eigenvalue weighted by atomic mass is 9.95. The third kappa shape index (κ3) is 5.19. The third-order valence-corrected chi connectivity index (χ3v) is 5.47. The van der Waals surface area contributed by atoms with Crippen molar-refractivity contribution < 1.29 is 23.9 Å². The van der Waals surface area contributed by atoms with Gasteiger partial charge in [-0.25, -0.2) is 9.69 Å². The van der Waals surface area contributed by atoms with E-state index in [1.807, 2.05) is 38.1 Å². The summed E-state index contributed by atoms with van der Waals surface area (Å²) in [6.07, 6.45) is 0.336. The standard InChI is InChI=1S/C24H29N3O5/c1-15(2)22(16-5-9-18(31-3)10-6-16)26-21(28)14-13-20-23(29)27(24(30)25-20)17-7-11-19(32-4)12-8-17/h5-12,15,20,22H,13-14H2,1-4H3,(H,25,30)(H,26,28)/t20-,22?/m0/s1. The zero-order chi connectivity index (χ0) is 23.3. The van der Waals surface area contributed by atoms with Gasteiger partial charge in [-0.1, -0.05) is 26.0 Å². The van der Waals surface area contributed by atoms with E-state index in [1.54, 1.807) is 38.5 Å². The molecule has 0 aliphatic carbocycles. The number of amides is 4. The van der Waals surface area contributed by atoms with Crippen molar-refractivity contribution in [2.24, 2.45) is 5.92 Å². The summed E-state index contributed by atoms with van der Waals surface area (Å²) in [5, 5.41) is 5.71. The molecular weight excluding hydrogens is 410 g/mol. The first kappa shape index (κ1) is 23.1. The second kappa shape index (κ2) is 10.2. The van der Waals surface area contributed by atoms with Crippen LogP contribution in [0, 0.1) is 5.92 Å². The van der Waals surface area contributed by atoms with Crippen molar-refractivity contribution in [3.63, 3.8) is 0 Å². The Bertz CT molecular complexity index is 957. The number of nitrogens with one attached hydrogen (secondary N) is 2. The van der Waals surface area contributed by atoms with Gasteiger partial charge in [0.1, 0.15) is 17.5 Å². The highest BCUT2D eigenvalue weighted by Crippen LogP contribution is 2.26. The van der Waals surface area contributed by atoms with Gasteiger partial charge in [-0.05, 0) is 54.3 Å². The van der Waals surface area contributed by atoms with Crippen LogP contribution < -0.4 is 25.0 Å². The van der Waals surface area contributed by atoms with Crippen molar-refractivity contribution >= 4 is 23.5 Å². The van der Waals surface area contributed by atoms with Gasteiger partial charge >= 0.3 is 6.03 Å². The number of anilines is 1. The summed E-state index contributed by atoms with van der Waals surface area (Å²) in [4.78, 5) is 38.8. The summed E-state index contributed by atoms with van der Waals surface area (Å²) >= 11 is 0. The Morgan fingerprint density at radius 3 is 2.09 bits per heavy atom. The minimum Gasteiger partial charge on any atom is -0.497 e. The van der Waals surface area contributed by atoms with Crippen LogP contribution in [0.5, 0.6) is 11.5 Å². The zero-order valence-electron chi connectivity index (χ0n) is 18.8. The van der Waals surface area contributed by atoms with Crippen LogP contribution >= 0.6 is 0 Å². The van der Waals surface area contributed by atoms with Crippen molar-refractivity contribution in [3.8, 4) is 11.5 Å². The maximum Gasteiger partial charge on any atom is 0.329 e. The summed E-state index contributed by atoms with van der Waals surface area (Å²) in [6.45, 7) is 4.06. The molecule has 8 nitrogen and oxygen atoms in total. The molecule has 2 N–H and O–H groups in total. The molecule has 0 spiro atoms. The van der Waals surface area contributed by atoms with Crippen molar-refractivity contribution in [1.82, 2.24) is 10.6 Å². The number of carbonyl (C=O) groups is 3. The first-order chi connectivity index (χ1) is 15.3. The number of carbonyl (C=O) groups excluding carboxylic acids is 3. The highest BCUT2D eigenvalue weighted by Gasteiger charge is 2.39. The molecule has 2 aromatic carbocycles. The van der Waals surface area contributed by atoms with E-state index >= 15 is 0 Å². The number of hydrogen-bond acceptors (Lipinski definition) is 5. The number of ether oxygens (including phenoxy) is 2. The van der Waals surface area contributed by atoms with Crippen molar-refractivity contribution in [2.45, 2.75) is 38.8 Å². The molecule has 8 heteroatoms. The molecule has 1 unspecified atom stereocenters. The van der Waals surface area contributed by atoms with Crippen LogP contribution in [0.4, 0.5) is 10.5 Å². The molecular formula is C24H29N3O5. The Morgan fingerprint density at radius 2 is 1.56 bits per heavy atom. The lowest BCUT2D eigenvalue weighted by Gasteiger charge is -2.23. The Labute approximate surface area is 187 Å². The zero-order valence-corrected chi connectivity index (χ0v) is 18.8. The Morgan fingerprint density at radius 1 is 1.00 bits per heavy atom. The van der Waals surface area contributed by atoms with Gasteiger partial charge in [-0.3, -0.25) is 9.59 Å². The van der Waals surface area contributed by atoms with Gasteiger partial charge in [-0.15, -0.1) is 0 Å². The van der Waals surface area contributed by atoms with Gasteiger partial charge in [0.25, 0.3) is 5.91 Å². The SMILES string of the molecule is COc1ccc(C(NC(=O)CC[C@@H]2NC(=O)N(c3ccc(OC)cc3)C2=O)C(C)C)cc1. The average molecular weight is 440 g/mol. The van der Waals surface area contributed by atoms with E-state index in [1.165, 1.54) is 0 Å². The van der Waals surface area contributed by atoms with E-state index in [0.717, 1.165) is 16.2 Å². The molecule has 32 heavy (non-hydrogen) atoms. The summed E-state index contributed by atoms with van der Waals surface area (Å²) in [5.41, 5.74) is 1.43. The van der Waals surface area contributed by atoms with Gasteiger partial charge in [0.05, 0.1) is 25.9 Å². The summed E-state index contributed by atoms with van der Waals surface area (Å²) in [6, 6.07) is 12.8. The second-order valence-electron chi connectivity index (χ2n) is 7.97. The number of nitrogens with zero attached hydrogens (tertiary/aromatic N) is 1. The number of imide groups is 1. The molecule has 1 aliphatic rings. The Hall–Kier alpha value is -3.55. The van der Waals surface area contributed by atoms with E-state index in [4.69, 9.17) is 9.47 Å². The lowest BCUT2D eigenvalue weighted by molar-refractivity contribution is -0.122. The van der Waals surface area contributed by atoms with Gasteiger partial charge in [0.15, 0.2) is 0 Å². The summed E-state index contributed by atoms with van der Waals surface area (Å²) < 4.78 is 10.3. The first-order valence-corrected chi connectivity index (χ1v) is 10.6. The molecule has 3 rings (SSSR count). The molecule has 2 aromatic rings. The molecule has 0 bridgehead atoms. The molecule has 1 heterocycles. The van der Waals surface area contributed by atoms with E-state index in [9.17, 15) is 14.4 Å². The van der Waals surface area contributed by atoms with Gasteiger partial charge in [0.2, 0.25) is 5.91 Å². The molecule has 1 saturated heterocycles. The van der Waals surface area contributed by atoms with E-state index in [0.29, 0.717) is 11.4 Å². The topological polar surface area (TPSA) is 97.0 Å². The number of hydrogen-bond donors (Lipinski definition) is 2. The van der Waals surface area contributed by atoms with Crippen molar-refractivity contribution in [3.05, 3.63) is 54.1 Å². The lowest BCUT2D eigenvalue weighted by Crippen LogP contribution is -2.35. The second-order valence-corrected chi connectivity index (χ2v) is 7.97. The van der Waals surface area contributed by atoms with E-state index in [-0.39, 0.29) is 36.6 Å². The molecule has 1 aliphatic heterocycles. The monoisotopic (exact) mass is 439 g/mol. The highest BCUT2D eigenvalue weighted by atomic mass is 16.5. The minimum atomic E-state index is -0.742. The van der Waals surface area contributed by atoms with Crippen LogP contribution in [-0.2, 0) is 9.59 Å². The van der Waals surface area contributed by atoms with Crippen molar-refractivity contribution in [2.75, 3.05) is 19.1 Å². The quantitative estimate of drug-likeness (QED) is 0.584. The summed E-state index contributed by atoms with van der Waals surface area (Å²) in [7, 11) is 3.15. The molecule has 0 radical (unpaired) electrons. The van der Waals surface area contributed by atoms with Gasteiger partial charge in [-0.2, -0.15) is 0 Å². The third-order valence-electron chi connectivity index (χ3n) is 5.47. The summed E-state index contributed by atoms with van der Waals surface area (Å²) in [5.74, 6) is 1.00. The number of benzene rings is 2. The predicted octanol–water partition coefficient (Wildman–Crippen LogP) is 3.42. The van der Waals surface area contributed by atoms with Gasteiger partial charge < -0.3 is 20.1 Å². The fourth-order valence-electron chi connectivity index (χ4n) is 3.67. The van der Waals surface area contributed by atoms with E-state index < -0.39 is 12.1 Å². The normalized spacial score (nSPS) is 16.7. The van der Waals surface area contributed by atoms with Crippen LogP contribution in [0.2, 0.25) is 0 Å². The van der Waals surface area contributed by atoms with Crippen LogP contribution in [0.15, 0.2) is 48.5 Å². The maximum atomic E-state index is 12.8. The fourth-order valence-corrected chi connectivity index (χ4v) is 3.67. The molecule has 4 amide bonds. The molecule has 0 saturated carbocycles. The molecule has 1 fully saturated rings. The van der Waals surface area contributed by atoms with Gasteiger partial charge in [0, 0.05) is 6.42 Å². The average Bonchev–Trinajstić information content (AvgIpc) is 3.09. The molecule has 170 valence electrons. The van der Waals surface area contributed by atoms with E-state index in [2.05, 4.69) is 10.6 Å². The number of rotatable bonds is 9. The minimum absolute atomic E-state index is 0.118. The van der Waals surface area contributed by atoms with Crippen LogP contribution in [0.1, 0.15) is 38.3 Å². The van der Waals surface area contributed by atoms with Crippen LogP contribution in [-0.4, -0.2) is 38.1 Å².